The first-order valence-corrected chi connectivity index (χ1v) is 8.33. The van der Waals surface area contributed by atoms with E-state index in [2.05, 4.69) is 20.8 Å². The zero-order valence-electron chi connectivity index (χ0n) is 15.8. The van der Waals surface area contributed by atoms with Crippen molar-refractivity contribution < 1.29 is 23.8 Å². The number of hydrogen-bond donors (Lipinski definition) is 0. The summed E-state index contributed by atoms with van der Waals surface area (Å²) in [6.07, 6.45) is 0. The van der Waals surface area contributed by atoms with E-state index < -0.39 is 5.97 Å². The highest BCUT2D eigenvalue weighted by molar-refractivity contribution is 5.94. The summed E-state index contributed by atoms with van der Waals surface area (Å²) >= 11 is 0. The normalized spacial score (nSPS) is 11.0. The maximum Gasteiger partial charge on any atom is 0.349 e. The standard InChI is InChI=1S/C21H24O5/c1-14(22)15-6-11-18(19(12-15)24-5)26-20(23)13-25-17-9-7-16(8-10-17)21(2,3)4/h6-12H,13H2,1-5H3. The van der Waals surface area contributed by atoms with Crippen LogP contribution in [0.25, 0.3) is 0 Å². The number of carbonyl (C=O) groups excluding carboxylic acids is 2. The minimum Gasteiger partial charge on any atom is -0.493 e. The molecule has 2 aromatic rings. The van der Waals surface area contributed by atoms with Crippen LogP contribution < -0.4 is 14.2 Å². The number of ether oxygens (including phenoxy) is 3. The van der Waals surface area contributed by atoms with E-state index in [9.17, 15) is 9.59 Å². The van der Waals surface area contributed by atoms with Crippen LogP contribution in [0.2, 0.25) is 0 Å². The van der Waals surface area contributed by atoms with Crippen molar-refractivity contribution in [2.24, 2.45) is 0 Å². The highest BCUT2D eigenvalue weighted by Gasteiger charge is 2.15. The Labute approximate surface area is 153 Å². The van der Waals surface area contributed by atoms with Crippen LogP contribution in [-0.4, -0.2) is 25.5 Å². The van der Waals surface area contributed by atoms with E-state index >= 15 is 0 Å². The van der Waals surface area contributed by atoms with Crippen molar-refractivity contribution in [3.63, 3.8) is 0 Å². The van der Waals surface area contributed by atoms with Gasteiger partial charge in [-0.15, -0.1) is 0 Å². The van der Waals surface area contributed by atoms with Gasteiger partial charge in [-0.05, 0) is 48.2 Å². The van der Waals surface area contributed by atoms with Crippen LogP contribution in [0.15, 0.2) is 42.5 Å². The maximum absolute atomic E-state index is 12.0. The molecule has 0 heterocycles. The van der Waals surface area contributed by atoms with E-state index in [4.69, 9.17) is 14.2 Å². The van der Waals surface area contributed by atoms with Crippen molar-refractivity contribution in [3.8, 4) is 17.2 Å². The van der Waals surface area contributed by atoms with Gasteiger partial charge >= 0.3 is 5.97 Å². The highest BCUT2D eigenvalue weighted by atomic mass is 16.6. The number of carbonyl (C=O) groups is 2. The Morgan fingerprint density at radius 3 is 2.15 bits per heavy atom. The molecule has 0 radical (unpaired) electrons. The lowest BCUT2D eigenvalue weighted by Gasteiger charge is -2.19. The Balaban J connectivity index is 1.98. The maximum atomic E-state index is 12.0. The summed E-state index contributed by atoms with van der Waals surface area (Å²) in [4.78, 5) is 23.4. The van der Waals surface area contributed by atoms with Crippen LogP contribution in [0.5, 0.6) is 17.2 Å². The SMILES string of the molecule is COc1cc(C(C)=O)ccc1OC(=O)COc1ccc(C(C)(C)C)cc1. The Kier molecular flexibility index (Phi) is 6.03. The van der Waals surface area contributed by atoms with Crippen molar-refractivity contribution in [1.82, 2.24) is 0 Å². The quantitative estimate of drug-likeness (QED) is 0.441. The van der Waals surface area contributed by atoms with Crippen molar-refractivity contribution in [1.29, 1.82) is 0 Å². The molecule has 0 amide bonds. The molecule has 0 aliphatic heterocycles. The zero-order valence-corrected chi connectivity index (χ0v) is 15.8. The number of Topliss-reactive ketones (excluding diaryl/α,β-unsaturated/α-hetero) is 1. The molecule has 0 N–H and O–H groups in total. The average Bonchev–Trinajstić information content (AvgIpc) is 2.59. The van der Waals surface area contributed by atoms with E-state index in [1.54, 1.807) is 6.07 Å². The third-order valence-electron chi connectivity index (χ3n) is 3.87. The largest absolute Gasteiger partial charge is 0.493 e. The Morgan fingerprint density at radius 1 is 0.962 bits per heavy atom. The number of ketones is 1. The van der Waals surface area contributed by atoms with Crippen LogP contribution in [0.3, 0.4) is 0 Å². The minimum atomic E-state index is -0.557. The molecule has 0 saturated carbocycles. The minimum absolute atomic E-state index is 0.0556. The molecule has 5 nitrogen and oxygen atoms in total. The number of rotatable bonds is 6. The molecule has 0 spiro atoms. The van der Waals surface area contributed by atoms with Gasteiger partial charge in [0, 0.05) is 5.56 Å². The fourth-order valence-electron chi connectivity index (χ4n) is 2.32. The third kappa shape index (κ3) is 5.09. The molecule has 26 heavy (non-hydrogen) atoms. The molecule has 0 aromatic heterocycles. The van der Waals surface area contributed by atoms with Gasteiger partial charge in [-0.25, -0.2) is 4.79 Å². The van der Waals surface area contributed by atoms with Gasteiger partial charge in [0.15, 0.2) is 23.9 Å². The number of hydrogen-bond acceptors (Lipinski definition) is 5. The van der Waals surface area contributed by atoms with Crippen LogP contribution in [0.4, 0.5) is 0 Å². The molecular weight excluding hydrogens is 332 g/mol. The molecule has 0 fully saturated rings. The molecule has 0 unspecified atom stereocenters. The average molecular weight is 356 g/mol. The van der Waals surface area contributed by atoms with E-state index in [1.807, 2.05) is 24.3 Å². The van der Waals surface area contributed by atoms with Crippen molar-refractivity contribution in [2.45, 2.75) is 33.1 Å². The van der Waals surface area contributed by atoms with Crippen LogP contribution in [0.1, 0.15) is 43.6 Å². The topological polar surface area (TPSA) is 61.8 Å². The van der Waals surface area contributed by atoms with Gasteiger partial charge in [0.2, 0.25) is 0 Å². The van der Waals surface area contributed by atoms with Gasteiger partial charge in [-0.2, -0.15) is 0 Å². The Bertz CT molecular complexity index is 785. The number of methoxy groups -OCH3 is 1. The van der Waals surface area contributed by atoms with Gasteiger partial charge in [0.05, 0.1) is 7.11 Å². The lowest BCUT2D eigenvalue weighted by atomic mass is 9.87. The molecule has 2 aromatic carbocycles. The number of benzene rings is 2. The molecule has 0 saturated heterocycles. The summed E-state index contributed by atoms with van der Waals surface area (Å²) in [5.41, 5.74) is 1.72. The summed E-state index contributed by atoms with van der Waals surface area (Å²) in [6, 6.07) is 12.3. The van der Waals surface area contributed by atoms with Gasteiger partial charge in [-0.1, -0.05) is 32.9 Å². The first kappa shape index (κ1) is 19.5. The van der Waals surface area contributed by atoms with Gasteiger partial charge in [0.25, 0.3) is 0 Å². The summed E-state index contributed by atoms with van der Waals surface area (Å²) < 4.78 is 15.9. The van der Waals surface area contributed by atoms with Crippen molar-refractivity contribution in [2.75, 3.05) is 13.7 Å². The predicted molar refractivity (Wildman–Crippen MR) is 99.3 cm³/mol. The second-order valence-corrected chi connectivity index (χ2v) is 6.96. The first-order chi connectivity index (χ1) is 12.2. The molecule has 0 aliphatic carbocycles. The van der Waals surface area contributed by atoms with Crippen LogP contribution in [0, 0.1) is 0 Å². The molecule has 5 heteroatoms. The van der Waals surface area contributed by atoms with E-state index in [0.29, 0.717) is 17.1 Å². The van der Waals surface area contributed by atoms with Gasteiger partial charge < -0.3 is 14.2 Å². The molecular formula is C21H24O5. The second kappa shape index (κ2) is 8.04. The van der Waals surface area contributed by atoms with E-state index in [-0.39, 0.29) is 23.6 Å². The summed E-state index contributed by atoms with van der Waals surface area (Å²) in [5, 5.41) is 0. The first-order valence-electron chi connectivity index (χ1n) is 8.33. The molecule has 138 valence electrons. The third-order valence-corrected chi connectivity index (χ3v) is 3.87. The smallest absolute Gasteiger partial charge is 0.349 e. The van der Waals surface area contributed by atoms with E-state index in [0.717, 1.165) is 0 Å². The monoisotopic (exact) mass is 356 g/mol. The summed E-state index contributed by atoms with van der Waals surface area (Å²) in [5.74, 6) is 0.505. The fourth-order valence-corrected chi connectivity index (χ4v) is 2.32. The Hall–Kier alpha value is -2.82. The molecule has 0 aliphatic rings. The molecule has 0 atom stereocenters. The fraction of sp³-hybridized carbons (Fsp3) is 0.333. The number of esters is 1. The van der Waals surface area contributed by atoms with Gasteiger partial charge in [-0.3, -0.25) is 4.79 Å². The van der Waals surface area contributed by atoms with Crippen LogP contribution >= 0.6 is 0 Å². The van der Waals surface area contributed by atoms with E-state index in [1.165, 1.54) is 31.7 Å². The zero-order chi connectivity index (χ0) is 19.3. The molecule has 0 bridgehead atoms. The van der Waals surface area contributed by atoms with Crippen molar-refractivity contribution >= 4 is 11.8 Å². The summed E-state index contributed by atoms with van der Waals surface area (Å²) in [6.45, 7) is 7.62. The Morgan fingerprint density at radius 2 is 1.62 bits per heavy atom. The summed E-state index contributed by atoms with van der Waals surface area (Å²) in [7, 11) is 1.45. The lowest BCUT2D eigenvalue weighted by molar-refractivity contribution is -0.136. The van der Waals surface area contributed by atoms with Crippen molar-refractivity contribution in [3.05, 3.63) is 53.6 Å². The predicted octanol–water partition coefficient (Wildman–Crippen LogP) is 4.18. The van der Waals surface area contributed by atoms with Crippen LogP contribution in [-0.2, 0) is 10.2 Å². The second-order valence-electron chi connectivity index (χ2n) is 6.96. The highest BCUT2D eigenvalue weighted by Crippen LogP contribution is 2.28. The van der Waals surface area contributed by atoms with Gasteiger partial charge in [0.1, 0.15) is 5.75 Å². The molecule has 2 rings (SSSR count). The lowest BCUT2D eigenvalue weighted by Crippen LogP contribution is -2.18.